The first kappa shape index (κ1) is 22.8. The molecular formula is C21H24INO6S. The van der Waals surface area contributed by atoms with E-state index in [1.54, 1.807) is 24.4 Å². The Morgan fingerprint density at radius 1 is 1.13 bits per heavy atom. The number of hydrogen-bond donors (Lipinski definition) is 0. The smallest absolute Gasteiger partial charge is 0.309 e. The maximum Gasteiger partial charge on any atom is 0.309 e. The molecule has 0 bridgehead atoms. The number of hydrogen-bond acceptors (Lipinski definition) is 6. The molecule has 9 heteroatoms. The van der Waals surface area contributed by atoms with Crippen molar-refractivity contribution in [3.8, 4) is 11.4 Å². The number of halogens is 1. The predicted octanol–water partition coefficient (Wildman–Crippen LogP) is 3.50. The molecular weight excluding hydrogens is 521 g/mol. The van der Waals surface area contributed by atoms with Crippen molar-refractivity contribution in [2.75, 3.05) is 6.26 Å². The number of aromatic nitrogens is 1. The molecule has 1 heterocycles. The second-order valence-corrected chi connectivity index (χ2v) is 11.2. The van der Waals surface area contributed by atoms with Crippen LogP contribution in [0.5, 0.6) is 5.75 Å². The summed E-state index contributed by atoms with van der Waals surface area (Å²) in [6.07, 6.45) is 5.57. The van der Waals surface area contributed by atoms with Crippen LogP contribution in [0.25, 0.3) is 5.69 Å². The molecule has 0 spiro atoms. The number of benzene rings is 1. The number of ether oxygens (including phenoxy) is 2. The number of carbonyl (C=O) groups excluding carboxylic acids is 1. The monoisotopic (exact) mass is 545 g/mol. The average Bonchev–Trinajstić information content (AvgIpc) is 2.67. The summed E-state index contributed by atoms with van der Waals surface area (Å²) in [7, 11) is -3.29. The van der Waals surface area contributed by atoms with Crippen LogP contribution in [0, 0.1) is 5.92 Å². The molecule has 1 unspecified atom stereocenters. The summed E-state index contributed by atoms with van der Waals surface area (Å²) in [6, 6.07) is 9.27. The van der Waals surface area contributed by atoms with Gasteiger partial charge in [0.25, 0.3) is 5.56 Å². The van der Waals surface area contributed by atoms with Crippen LogP contribution >= 0.6 is 22.6 Å². The molecule has 30 heavy (non-hydrogen) atoms. The third-order valence-corrected chi connectivity index (χ3v) is 6.41. The molecule has 162 valence electrons. The van der Waals surface area contributed by atoms with Crippen LogP contribution in [0.1, 0.15) is 32.6 Å². The van der Waals surface area contributed by atoms with Crippen molar-refractivity contribution >= 4 is 38.4 Å². The van der Waals surface area contributed by atoms with Gasteiger partial charge in [0.05, 0.1) is 16.9 Å². The molecule has 1 aromatic heterocycles. The van der Waals surface area contributed by atoms with Gasteiger partial charge in [-0.1, -0.05) is 0 Å². The van der Waals surface area contributed by atoms with Crippen LogP contribution in [0.15, 0.2) is 52.3 Å². The average molecular weight is 545 g/mol. The number of alkyl halides is 1. The standard InChI is InChI=1S/C21H24INO6S/c1-14(22)28-21(25)15-3-7-17(8-4-15)29-18-11-12-23(20(24)13-18)16-5-9-19(10-6-16)30(2,26)27/h5-6,9-15,17H,3-4,7-8H2,1-2H3. The molecule has 2 aromatic rings. The van der Waals surface area contributed by atoms with Gasteiger partial charge in [-0.2, -0.15) is 0 Å². The summed E-state index contributed by atoms with van der Waals surface area (Å²) in [5.41, 5.74) is 0.301. The highest BCUT2D eigenvalue weighted by atomic mass is 127. The van der Waals surface area contributed by atoms with Crippen molar-refractivity contribution < 1.29 is 22.7 Å². The van der Waals surface area contributed by atoms with Crippen LogP contribution in [-0.4, -0.2) is 35.4 Å². The molecule has 0 radical (unpaired) electrons. The lowest BCUT2D eigenvalue weighted by atomic mass is 9.87. The molecule has 0 saturated heterocycles. The van der Waals surface area contributed by atoms with E-state index >= 15 is 0 Å². The number of nitrogens with zero attached hydrogens (tertiary/aromatic N) is 1. The highest BCUT2D eigenvalue weighted by Crippen LogP contribution is 2.29. The lowest BCUT2D eigenvalue weighted by Gasteiger charge is -2.28. The van der Waals surface area contributed by atoms with E-state index in [-0.39, 0.29) is 32.6 Å². The lowest BCUT2D eigenvalue weighted by molar-refractivity contribution is -0.150. The third-order valence-electron chi connectivity index (χ3n) is 5.02. The molecule has 1 aliphatic rings. The van der Waals surface area contributed by atoms with Gasteiger partial charge in [-0.25, -0.2) is 8.42 Å². The first-order chi connectivity index (χ1) is 14.1. The van der Waals surface area contributed by atoms with Crippen molar-refractivity contribution in [2.24, 2.45) is 5.92 Å². The highest BCUT2D eigenvalue weighted by molar-refractivity contribution is 14.1. The van der Waals surface area contributed by atoms with Crippen molar-refractivity contribution in [1.82, 2.24) is 4.57 Å². The third kappa shape index (κ3) is 5.84. The van der Waals surface area contributed by atoms with Gasteiger partial charge in [-0.3, -0.25) is 14.2 Å². The predicted molar refractivity (Wildman–Crippen MR) is 121 cm³/mol. The van der Waals surface area contributed by atoms with Gasteiger partial charge in [0.1, 0.15) is 9.86 Å². The summed E-state index contributed by atoms with van der Waals surface area (Å²) < 4.78 is 35.7. The summed E-state index contributed by atoms with van der Waals surface area (Å²) in [5, 5.41) is 0. The van der Waals surface area contributed by atoms with Crippen LogP contribution < -0.4 is 10.3 Å². The van der Waals surface area contributed by atoms with Gasteiger partial charge in [0.2, 0.25) is 0 Å². The minimum Gasteiger partial charge on any atom is -0.490 e. The Hall–Kier alpha value is -1.88. The van der Waals surface area contributed by atoms with Crippen LogP contribution in [0.4, 0.5) is 0 Å². The normalized spacial score (nSPS) is 20.4. The van der Waals surface area contributed by atoms with E-state index < -0.39 is 9.84 Å². The Kier molecular flexibility index (Phi) is 7.22. The van der Waals surface area contributed by atoms with E-state index in [0.29, 0.717) is 24.3 Å². The van der Waals surface area contributed by atoms with Crippen LogP contribution in [-0.2, 0) is 19.4 Å². The van der Waals surface area contributed by atoms with Gasteiger partial charge in [-0.05, 0) is 85.5 Å². The minimum atomic E-state index is -3.29. The van der Waals surface area contributed by atoms with E-state index in [1.165, 1.54) is 22.8 Å². The maximum absolute atomic E-state index is 12.5. The fraction of sp³-hybridized carbons (Fsp3) is 0.429. The zero-order valence-electron chi connectivity index (χ0n) is 16.8. The van der Waals surface area contributed by atoms with Gasteiger partial charge >= 0.3 is 5.97 Å². The largest absolute Gasteiger partial charge is 0.490 e. The fourth-order valence-electron chi connectivity index (χ4n) is 3.47. The molecule has 0 aliphatic heterocycles. The Balaban J connectivity index is 1.63. The molecule has 1 aromatic carbocycles. The van der Waals surface area contributed by atoms with Crippen LogP contribution in [0.2, 0.25) is 0 Å². The Bertz CT molecular complexity index is 1050. The van der Waals surface area contributed by atoms with Gasteiger partial charge in [0, 0.05) is 24.2 Å². The van der Waals surface area contributed by atoms with Crippen molar-refractivity contribution in [2.45, 2.75) is 47.7 Å². The van der Waals surface area contributed by atoms with E-state index in [9.17, 15) is 18.0 Å². The minimum absolute atomic E-state index is 0.0460. The molecule has 3 rings (SSSR count). The number of sulfone groups is 1. The van der Waals surface area contributed by atoms with E-state index in [4.69, 9.17) is 9.47 Å². The number of rotatable bonds is 6. The number of carbonyl (C=O) groups is 1. The Morgan fingerprint density at radius 2 is 1.77 bits per heavy atom. The molecule has 0 N–H and O–H groups in total. The Morgan fingerprint density at radius 3 is 2.30 bits per heavy atom. The summed E-state index contributed by atoms with van der Waals surface area (Å²) in [6.45, 7) is 1.83. The molecule has 1 fully saturated rings. The van der Waals surface area contributed by atoms with Crippen molar-refractivity contribution in [3.05, 3.63) is 52.9 Å². The number of pyridine rings is 1. The van der Waals surface area contributed by atoms with E-state index in [0.717, 1.165) is 19.1 Å². The Labute approximate surface area is 189 Å². The topological polar surface area (TPSA) is 91.7 Å². The zero-order valence-corrected chi connectivity index (χ0v) is 19.8. The van der Waals surface area contributed by atoms with Gasteiger partial charge in [0.15, 0.2) is 9.84 Å². The summed E-state index contributed by atoms with van der Waals surface area (Å²) in [4.78, 5) is 24.7. The molecule has 1 aliphatic carbocycles. The first-order valence-corrected chi connectivity index (χ1v) is 12.8. The van der Waals surface area contributed by atoms with Crippen LogP contribution in [0.3, 0.4) is 0 Å². The second kappa shape index (κ2) is 9.51. The molecule has 7 nitrogen and oxygen atoms in total. The highest BCUT2D eigenvalue weighted by Gasteiger charge is 2.29. The van der Waals surface area contributed by atoms with E-state index in [1.807, 2.05) is 6.92 Å². The quantitative estimate of drug-likeness (QED) is 0.314. The fourth-order valence-corrected chi connectivity index (χ4v) is 4.35. The maximum atomic E-state index is 12.5. The SMILES string of the molecule is CC(I)OC(=O)C1CCC(Oc2ccn(-c3ccc(S(C)(=O)=O)cc3)c(=O)c2)CC1. The molecule has 0 amide bonds. The first-order valence-electron chi connectivity index (χ1n) is 9.68. The summed E-state index contributed by atoms with van der Waals surface area (Å²) >= 11 is 2.06. The molecule has 1 atom stereocenters. The number of esters is 1. The van der Waals surface area contributed by atoms with Crippen molar-refractivity contribution in [1.29, 1.82) is 0 Å². The lowest BCUT2D eigenvalue weighted by Crippen LogP contribution is -2.30. The molecule has 1 saturated carbocycles. The van der Waals surface area contributed by atoms with Crippen molar-refractivity contribution in [3.63, 3.8) is 0 Å². The summed E-state index contributed by atoms with van der Waals surface area (Å²) in [5.74, 6) is 0.237. The second-order valence-electron chi connectivity index (χ2n) is 7.41. The zero-order chi connectivity index (χ0) is 21.9. The van der Waals surface area contributed by atoms with Gasteiger partial charge in [-0.15, -0.1) is 0 Å². The van der Waals surface area contributed by atoms with Gasteiger partial charge < -0.3 is 9.47 Å². The van der Waals surface area contributed by atoms with E-state index in [2.05, 4.69) is 22.6 Å².